The van der Waals surface area contributed by atoms with Gasteiger partial charge in [0.2, 0.25) is 5.91 Å². The molecule has 7 nitrogen and oxygen atoms in total. The Morgan fingerprint density at radius 3 is 2.93 bits per heavy atom. The summed E-state index contributed by atoms with van der Waals surface area (Å²) < 4.78 is 6.77. The highest BCUT2D eigenvalue weighted by atomic mass is 16.5. The van der Waals surface area contributed by atoms with E-state index < -0.39 is 0 Å². The molecule has 0 spiro atoms. The van der Waals surface area contributed by atoms with Crippen molar-refractivity contribution in [3.05, 3.63) is 63.9 Å². The molecule has 1 amide bonds. The van der Waals surface area contributed by atoms with Gasteiger partial charge in [0.1, 0.15) is 24.4 Å². The lowest BCUT2D eigenvalue weighted by Gasteiger charge is -2.09. The number of nitrogens with zero attached hydrogens (tertiary/aromatic N) is 3. The number of carbonyl (C=O) groups excluding carboxylic acids is 1. The Morgan fingerprint density at radius 2 is 2.00 bits per heavy atom. The Morgan fingerprint density at radius 1 is 1.15 bits per heavy atom. The molecule has 1 aliphatic carbocycles. The number of hydrogen-bond acceptors (Lipinski definition) is 5. The van der Waals surface area contributed by atoms with Crippen molar-refractivity contribution in [1.29, 1.82) is 0 Å². The fraction of sp³-hybridized carbons (Fsp3) is 0.300. The number of rotatable bonds is 6. The van der Waals surface area contributed by atoms with Crippen molar-refractivity contribution in [2.24, 2.45) is 0 Å². The Bertz CT molecular complexity index is 1040. The van der Waals surface area contributed by atoms with Gasteiger partial charge in [-0.05, 0) is 54.7 Å². The van der Waals surface area contributed by atoms with Crippen LogP contribution in [0.25, 0.3) is 10.9 Å². The molecule has 0 atom stereocenters. The van der Waals surface area contributed by atoms with Gasteiger partial charge in [0.25, 0.3) is 5.56 Å². The van der Waals surface area contributed by atoms with Gasteiger partial charge in [-0.1, -0.05) is 23.4 Å². The second-order valence-corrected chi connectivity index (χ2v) is 6.55. The highest BCUT2D eigenvalue weighted by molar-refractivity contribution is 5.78. The van der Waals surface area contributed by atoms with Crippen LogP contribution in [0.1, 0.15) is 17.5 Å². The Labute approximate surface area is 156 Å². The summed E-state index contributed by atoms with van der Waals surface area (Å²) in [5, 5.41) is 11.0. The van der Waals surface area contributed by atoms with E-state index in [9.17, 15) is 9.59 Å². The number of carbonyl (C=O) groups is 1. The molecule has 0 fully saturated rings. The molecule has 138 valence electrons. The molecule has 1 aromatic heterocycles. The summed E-state index contributed by atoms with van der Waals surface area (Å²) in [6, 6.07) is 13.1. The maximum Gasteiger partial charge on any atom is 0.278 e. The first-order valence-corrected chi connectivity index (χ1v) is 9.04. The molecule has 1 heterocycles. The minimum absolute atomic E-state index is 0.171. The van der Waals surface area contributed by atoms with Crippen LogP contribution in [-0.4, -0.2) is 34.1 Å². The van der Waals surface area contributed by atoms with E-state index in [1.54, 1.807) is 24.3 Å². The second-order valence-electron chi connectivity index (χ2n) is 6.55. The zero-order chi connectivity index (χ0) is 18.6. The Hall–Kier alpha value is -3.22. The molecular weight excluding hydrogens is 344 g/mol. The quantitative estimate of drug-likeness (QED) is 0.670. The van der Waals surface area contributed by atoms with Crippen LogP contribution in [0.3, 0.4) is 0 Å². The molecule has 1 aliphatic rings. The summed E-state index contributed by atoms with van der Waals surface area (Å²) in [5.41, 5.74) is 2.94. The number of benzene rings is 2. The second kappa shape index (κ2) is 7.57. The lowest BCUT2D eigenvalue weighted by Crippen LogP contribution is -2.36. The first kappa shape index (κ1) is 17.2. The predicted octanol–water partition coefficient (Wildman–Crippen LogP) is 1.48. The molecule has 4 rings (SSSR count). The number of aromatic nitrogens is 3. The molecule has 0 saturated carbocycles. The number of hydrogen-bond donors (Lipinski definition) is 1. The van der Waals surface area contributed by atoms with E-state index in [4.69, 9.17) is 4.74 Å². The molecule has 0 bridgehead atoms. The van der Waals surface area contributed by atoms with Gasteiger partial charge >= 0.3 is 0 Å². The molecule has 2 aromatic carbocycles. The first-order chi connectivity index (χ1) is 13.2. The fourth-order valence-corrected chi connectivity index (χ4v) is 3.32. The van der Waals surface area contributed by atoms with Gasteiger partial charge < -0.3 is 10.1 Å². The fourth-order valence-electron chi connectivity index (χ4n) is 3.32. The number of aryl methyl sites for hydroxylation is 2. The van der Waals surface area contributed by atoms with Gasteiger partial charge in [-0.2, -0.15) is 0 Å². The molecule has 27 heavy (non-hydrogen) atoms. The van der Waals surface area contributed by atoms with Crippen LogP contribution < -0.4 is 15.6 Å². The van der Waals surface area contributed by atoms with Crippen LogP contribution in [0.5, 0.6) is 5.75 Å². The normalized spacial score (nSPS) is 12.7. The van der Waals surface area contributed by atoms with Crippen LogP contribution in [0, 0.1) is 0 Å². The lowest BCUT2D eigenvalue weighted by molar-refractivity contribution is -0.122. The highest BCUT2D eigenvalue weighted by Gasteiger charge is 2.12. The van der Waals surface area contributed by atoms with Crippen molar-refractivity contribution < 1.29 is 9.53 Å². The molecule has 7 heteroatoms. The predicted molar refractivity (Wildman–Crippen MR) is 101 cm³/mol. The van der Waals surface area contributed by atoms with Crippen LogP contribution >= 0.6 is 0 Å². The maximum absolute atomic E-state index is 12.3. The third-order valence-corrected chi connectivity index (χ3v) is 4.69. The molecule has 0 aliphatic heterocycles. The standard InChI is InChI=1S/C20H20N4O3/c25-19(13-24-20(26)17-6-1-2-7-18(17)22-23-24)21-10-11-27-16-9-8-14-4-3-5-15(14)12-16/h1-2,6-9,12H,3-5,10-11,13H2,(H,21,25). The summed E-state index contributed by atoms with van der Waals surface area (Å²) >= 11 is 0. The zero-order valence-electron chi connectivity index (χ0n) is 14.9. The lowest BCUT2D eigenvalue weighted by atomic mass is 10.1. The maximum atomic E-state index is 12.3. The molecular formula is C20H20N4O3. The SMILES string of the molecule is O=C(Cn1nnc2ccccc2c1=O)NCCOc1ccc2c(c1)CCC2. The Balaban J connectivity index is 1.29. The minimum atomic E-state index is -0.329. The van der Waals surface area contributed by atoms with E-state index in [0.29, 0.717) is 24.1 Å². The van der Waals surface area contributed by atoms with Gasteiger partial charge in [-0.3, -0.25) is 9.59 Å². The van der Waals surface area contributed by atoms with E-state index in [0.717, 1.165) is 23.3 Å². The summed E-state index contributed by atoms with van der Waals surface area (Å²) in [5.74, 6) is 0.515. The van der Waals surface area contributed by atoms with Crippen LogP contribution in [0.15, 0.2) is 47.3 Å². The van der Waals surface area contributed by atoms with Crippen molar-refractivity contribution in [1.82, 2.24) is 20.3 Å². The number of fused-ring (bicyclic) bond motifs is 2. The van der Waals surface area contributed by atoms with Crippen molar-refractivity contribution in [2.75, 3.05) is 13.2 Å². The van der Waals surface area contributed by atoms with Gasteiger partial charge in [0.15, 0.2) is 0 Å². The topological polar surface area (TPSA) is 86.1 Å². The van der Waals surface area contributed by atoms with E-state index in [-0.39, 0.29) is 18.0 Å². The van der Waals surface area contributed by atoms with Crippen molar-refractivity contribution in [3.63, 3.8) is 0 Å². The van der Waals surface area contributed by atoms with E-state index in [1.165, 1.54) is 17.5 Å². The van der Waals surface area contributed by atoms with Crippen molar-refractivity contribution in [3.8, 4) is 5.75 Å². The minimum Gasteiger partial charge on any atom is -0.492 e. The summed E-state index contributed by atoms with van der Waals surface area (Å²) in [6.07, 6.45) is 3.44. The monoisotopic (exact) mass is 364 g/mol. The molecule has 0 saturated heterocycles. The van der Waals surface area contributed by atoms with Crippen molar-refractivity contribution in [2.45, 2.75) is 25.8 Å². The van der Waals surface area contributed by atoms with E-state index >= 15 is 0 Å². The summed E-state index contributed by atoms with van der Waals surface area (Å²) in [4.78, 5) is 24.4. The van der Waals surface area contributed by atoms with Gasteiger partial charge in [-0.15, -0.1) is 5.10 Å². The largest absolute Gasteiger partial charge is 0.492 e. The number of nitrogens with one attached hydrogen (secondary N) is 1. The van der Waals surface area contributed by atoms with Crippen LogP contribution in [0.2, 0.25) is 0 Å². The summed E-state index contributed by atoms with van der Waals surface area (Å²) in [6.45, 7) is 0.546. The third-order valence-electron chi connectivity index (χ3n) is 4.69. The molecule has 1 N–H and O–H groups in total. The average molecular weight is 364 g/mol. The zero-order valence-corrected chi connectivity index (χ0v) is 14.9. The Kier molecular flexibility index (Phi) is 4.82. The van der Waals surface area contributed by atoms with E-state index in [2.05, 4.69) is 27.8 Å². The average Bonchev–Trinajstić information content (AvgIpc) is 3.15. The van der Waals surface area contributed by atoms with Crippen LogP contribution in [-0.2, 0) is 24.2 Å². The van der Waals surface area contributed by atoms with Crippen LogP contribution in [0.4, 0.5) is 0 Å². The third kappa shape index (κ3) is 3.81. The summed E-state index contributed by atoms with van der Waals surface area (Å²) in [7, 11) is 0. The molecule has 3 aromatic rings. The molecule has 0 unspecified atom stereocenters. The highest BCUT2D eigenvalue weighted by Crippen LogP contribution is 2.25. The van der Waals surface area contributed by atoms with Gasteiger partial charge in [-0.25, -0.2) is 4.68 Å². The van der Waals surface area contributed by atoms with Gasteiger partial charge in [0.05, 0.1) is 11.9 Å². The number of ether oxygens (including phenoxy) is 1. The number of amides is 1. The van der Waals surface area contributed by atoms with E-state index in [1.807, 2.05) is 6.07 Å². The first-order valence-electron chi connectivity index (χ1n) is 9.04. The van der Waals surface area contributed by atoms with Crippen molar-refractivity contribution >= 4 is 16.8 Å². The van der Waals surface area contributed by atoms with Gasteiger partial charge in [0, 0.05) is 0 Å². The smallest absolute Gasteiger partial charge is 0.278 e. The molecule has 0 radical (unpaired) electrons.